The van der Waals surface area contributed by atoms with Gasteiger partial charge in [-0.1, -0.05) is 6.07 Å². The number of hydrogen-bond acceptors (Lipinski definition) is 4. The Morgan fingerprint density at radius 2 is 1.89 bits per heavy atom. The van der Waals surface area contributed by atoms with Crippen molar-refractivity contribution in [1.82, 2.24) is 4.90 Å². The topological polar surface area (TPSA) is 47.6 Å². The van der Waals surface area contributed by atoms with Crippen LogP contribution in [0.2, 0.25) is 0 Å². The van der Waals surface area contributed by atoms with Crippen molar-refractivity contribution in [3.63, 3.8) is 0 Å². The quantitative estimate of drug-likeness (QED) is 0.818. The molecule has 140 valence electrons. The standard InChI is InChI=1S/C21H23FN4O/c1-25-10-3-11-26(13-12-25)16-8-6-15(7-9-16)23-14-17-20-18(22)4-2-5-19(20)24-21(17)27/h2,4-9,14,23H,3,10-13H2,1H3,(H,24,27)/b17-14+. The second-order valence-corrected chi connectivity index (χ2v) is 7.01. The van der Waals surface area contributed by atoms with Crippen LogP contribution in [0.15, 0.2) is 48.7 Å². The number of halogens is 1. The number of benzene rings is 2. The van der Waals surface area contributed by atoms with Gasteiger partial charge in [-0.25, -0.2) is 4.39 Å². The van der Waals surface area contributed by atoms with E-state index in [1.54, 1.807) is 18.3 Å². The third kappa shape index (κ3) is 3.66. The van der Waals surface area contributed by atoms with E-state index >= 15 is 0 Å². The van der Waals surface area contributed by atoms with Crippen LogP contribution in [-0.4, -0.2) is 44.0 Å². The summed E-state index contributed by atoms with van der Waals surface area (Å²) in [6, 6.07) is 12.8. The Morgan fingerprint density at radius 1 is 1.07 bits per heavy atom. The summed E-state index contributed by atoms with van der Waals surface area (Å²) in [6.07, 6.45) is 2.73. The van der Waals surface area contributed by atoms with Crippen LogP contribution in [0.5, 0.6) is 0 Å². The maximum Gasteiger partial charge on any atom is 0.257 e. The van der Waals surface area contributed by atoms with Gasteiger partial charge in [0.2, 0.25) is 0 Å². The van der Waals surface area contributed by atoms with E-state index < -0.39 is 5.82 Å². The maximum absolute atomic E-state index is 14.1. The zero-order chi connectivity index (χ0) is 18.8. The lowest BCUT2D eigenvalue weighted by atomic mass is 10.1. The van der Waals surface area contributed by atoms with E-state index in [1.807, 2.05) is 12.1 Å². The van der Waals surface area contributed by atoms with Crippen LogP contribution in [0.25, 0.3) is 5.57 Å². The summed E-state index contributed by atoms with van der Waals surface area (Å²) < 4.78 is 14.1. The molecule has 0 bridgehead atoms. The molecule has 6 heteroatoms. The minimum absolute atomic E-state index is 0.298. The fourth-order valence-electron chi connectivity index (χ4n) is 3.57. The Hall–Kier alpha value is -2.86. The van der Waals surface area contributed by atoms with E-state index in [2.05, 4.69) is 39.6 Å². The predicted octanol–water partition coefficient (Wildman–Crippen LogP) is 3.37. The minimum Gasteiger partial charge on any atom is -0.370 e. The first-order valence-electron chi connectivity index (χ1n) is 9.22. The zero-order valence-electron chi connectivity index (χ0n) is 15.3. The highest BCUT2D eigenvalue weighted by molar-refractivity contribution is 6.31. The lowest BCUT2D eigenvalue weighted by Crippen LogP contribution is -2.28. The number of carbonyl (C=O) groups is 1. The lowest BCUT2D eigenvalue weighted by Gasteiger charge is -2.23. The summed E-state index contributed by atoms with van der Waals surface area (Å²) in [6.45, 7) is 4.26. The second kappa shape index (κ2) is 7.40. The van der Waals surface area contributed by atoms with Crippen molar-refractivity contribution in [2.45, 2.75) is 6.42 Å². The SMILES string of the molecule is CN1CCCN(c2ccc(N/C=C3/C(=O)Nc4cccc(F)c43)cc2)CC1. The molecular weight excluding hydrogens is 343 g/mol. The first-order chi connectivity index (χ1) is 13.1. The molecule has 2 aromatic rings. The second-order valence-electron chi connectivity index (χ2n) is 7.01. The molecule has 2 N–H and O–H groups in total. The van der Waals surface area contributed by atoms with Crippen LogP contribution in [-0.2, 0) is 4.79 Å². The largest absolute Gasteiger partial charge is 0.370 e. The summed E-state index contributed by atoms with van der Waals surface area (Å²) in [5.74, 6) is -0.701. The highest BCUT2D eigenvalue weighted by Crippen LogP contribution is 2.33. The van der Waals surface area contributed by atoms with Crippen molar-refractivity contribution in [3.05, 3.63) is 60.0 Å². The van der Waals surface area contributed by atoms with E-state index in [9.17, 15) is 9.18 Å². The molecule has 0 radical (unpaired) electrons. The van der Waals surface area contributed by atoms with Gasteiger partial charge in [-0.05, 0) is 56.4 Å². The lowest BCUT2D eigenvalue weighted by molar-refractivity contribution is -0.110. The van der Waals surface area contributed by atoms with Gasteiger partial charge in [0.15, 0.2) is 0 Å². The molecule has 2 aliphatic rings. The molecule has 1 amide bonds. The van der Waals surface area contributed by atoms with Gasteiger partial charge in [0, 0.05) is 42.8 Å². The van der Waals surface area contributed by atoms with Gasteiger partial charge < -0.3 is 20.4 Å². The van der Waals surface area contributed by atoms with Crippen molar-refractivity contribution in [3.8, 4) is 0 Å². The first kappa shape index (κ1) is 17.5. The highest BCUT2D eigenvalue weighted by Gasteiger charge is 2.27. The van der Waals surface area contributed by atoms with E-state index in [0.29, 0.717) is 16.8 Å². The summed E-state index contributed by atoms with van der Waals surface area (Å²) in [4.78, 5) is 16.9. The van der Waals surface area contributed by atoms with Crippen LogP contribution < -0.4 is 15.5 Å². The number of carbonyl (C=O) groups excluding carboxylic acids is 1. The normalized spacial score (nSPS) is 19.0. The van der Waals surface area contributed by atoms with Gasteiger partial charge in [0.25, 0.3) is 5.91 Å². The molecule has 0 unspecified atom stereocenters. The Morgan fingerprint density at radius 3 is 2.70 bits per heavy atom. The van der Waals surface area contributed by atoms with E-state index in [4.69, 9.17) is 0 Å². The molecule has 0 aliphatic carbocycles. The summed E-state index contributed by atoms with van der Waals surface area (Å²) in [7, 11) is 2.16. The summed E-state index contributed by atoms with van der Waals surface area (Å²) in [5.41, 5.74) is 3.19. The van der Waals surface area contributed by atoms with Crippen LogP contribution in [0.3, 0.4) is 0 Å². The monoisotopic (exact) mass is 366 g/mol. The molecule has 0 spiro atoms. The smallest absolute Gasteiger partial charge is 0.257 e. The van der Waals surface area contributed by atoms with Crippen LogP contribution in [0, 0.1) is 5.82 Å². The van der Waals surface area contributed by atoms with Crippen molar-refractivity contribution in [1.29, 1.82) is 0 Å². The van der Waals surface area contributed by atoms with Crippen LogP contribution >= 0.6 is 0 Å². The Balaban J connectivity index is 1.48. The number of likely N-dealkylation sites (N-methyl/N-ethyl adjacent to an activating group) is 1. The van der Waals surface area contributed by atoms with E-state index in [-0.39, 0.29) is 5.91 Å². The molecule has 0 atom stereocenters. The van der Waals surface area contributed by atoms with Gasteiger partial charge in [-0.3, -0.25) is 4.79 Å². The Labute approximate surface area is 158 Å². The van der Waals surface area contributed by atoms with Gasteiger partial charge in [-0.2, -0.15) is 0 Å². The van der Waals surface area contributed by atoms with Crippen LogP contribution in [0.4, 0.5) is 21.5 Å². The number of amides is 1. The number of anilines is 3. The minimum atomic E-state index is -0.402. The Kier molecular flexibility index (Phi) is 4.81. The zero-order valence-corrected chi connectivity index (χ0v) is 15.3. The molecule has 2 heterocycles. The van der Waals surface area contributed by atoms with Gasteiger partial charge >= 0.3 is 0 Å². The average Bonchev–Trinajstić information content (AvgIpc) is 2.83. The Bertz CT molecular complexity index is 878. The third-order valence-corrected chi connectivity index (χ3v) is 5.11. The molecule has 1 saturated heterocycles. The predicted molar refractivity (Wildman–Crippen MR) is 107 cm³/mol. The number of hydrogen-bond donors (Lipinski definition) is 2. The number of nitrogens with one attached hydrogen (secondary N) is 2. The number of fused-ring (bicyclic) bond motifs is 1. The first-order valence-corrected chi connectivity index (χ1v) is 9.22. The van der Waals surface area contributed by atoms with Gasteiger partial charge in [-0.15, -0.1) is 0 Å². The molecule has 4 rings (SSSR count). The molecule has 2 aromatic carbocycles. The molecule has 0 saturated carbocycles. The average molecular weight is 366 g/mol. The van der Waals surface area contributed by atoms with E-state index in [1.165, 1.54) is 11.8 Å². The van der Waals surface area contributed by atoms with E-state index in [0.717, 1.165) is 38.3 Å². The third-order valence-electron chi connectivity index (χ3n) is 5.11. The fourth-order valence-corrected chi connectivity index (χ4v) is 3.57. The van der Waals surface area contributed by atoms with Crippen molar-refractivity contribution in [2.75, 3.05) is 48.8 Å². The molecule has 27 heavy (non-hydrogen) atoms. The van der Waals surface area contributed by atoms with Crippen molar-refractivity contribution >= 4 is 28.5 Å². The molecule has 2 aliphatic heterocycles. The highest BCUT2D eigenvalue weighted by atomic mass is 19.1. The number of rotatable bonds is 3. The summed E-state index contributed by atoms with van der Waals surface area (Å²) in [5, 5.41) is 5.81. The molecular formula is C21H23FN4O. The fraction of sp³-hybridized carbons (Fsp3) is 0.286. The molecule has 1 fully saturated rings. The molecule has 5 nitrogen and oxygen atoms in total. The van der Waals surface area contributed by atoms with Crippen molar-refractivity contribution < 1.29 is 9.18 Å². The maximum atomic E-state index is 14.1. The van der Waals surface area contributed by atoms with Crippen LogP contribution in [0.1, 0.15) is 12.0 Å². The van der Waals surface area contributed by atoms with Gasteiger partial charge in [0.1, 0.15) is 5.82 Å². The van der Waals surface area contributed by atoms with Gasteiger partial charge in [0.05, 0.1) is 11.3 Å². The number of nitrogens with zero attached hydrogens (tertiary/aromatic N) is 2. The van der Waals surface area contributed by atoms with Crippen molar-refractivity contribution in [2.24, 2.45) is 0 Å². The summed E-state index contributed by atoms with van der Waals surface area (Å²) >= 11 is 0. The molecule has 0 aromatic heterocycles.